The fourth-order valence-electron chi connectivity index (χ4n) is 3.86. The number of likely N-dealkylation sites (tertiary alicyclic amines) is 1. The van der Waals surface area contributed by atoms with Gasteiger partial charge in [0.1, 0.15) is 0 Å². The molecule has 24 heavy (non-hydrogen) atoms. The molecule has 0 aliphatic carbocycles. The van der Waals surface area contributed by atoms with Gasteiger partial charge in [0.05, 0.1) is 19.6 Å². The maximum Gasteiger partial charge on any atom is 0.0783 e. The number of rotatable bonds is 11. The summed E-state index contributed by atoms with van der Waals surface area (Å²) in [5, 5.41) is 3.76. The largest absolute Gasteiger partial charge is 0.335 e. The van der Waals surface area contributed by atoms with Crippen LogP contribution in [0.25, 0.3) is 0 Å². The number of piperidine rings is 1. The minimum absolute atomic E-state index is 0.775. The van der Waals surface area contributed by atoms with Crippen molar-refractivity contribution >= 4 is 0 Å². The second kappa shape index (κ2) is 11.7. The van der Waals surface area contributed by atoms with Gasteiger partial charge in [-0.1, -0.05) is 50.6 Å². The average Bonchev–Trinajstić information content (AvgIpc) is 2.61. The Morgan fingerprint density at radius 1 is 1.00 bits per heavy atom. The van der Waals surface area contributed by atoms with Gasteiger partial charge < -0.3 is 10.2 Å². The Balaban J connectivity index is 1.65. The Labute approximate surface area is 150 Å². The molecule has 2 nitrogen and oxygen atoms in total. The Morgan fingerprint density at radius 2 is 1.75 bits per heavy atom. The second-order valence-corrected chi connectivity index (χ2v) is 8.15. The first kappa shape index (κ1) is 19.5. The molecule has 0 saturated carbocycles. The van der Waals surface area contributed by atoms with Crippen LogP contribution in [-0.4, -0.2) is 32.7 Å². The number of hydrogen-bond donors (Lipinski definition) is 2. The zero-order chi connectivity index (χ0) is 17.0. The van der Waals surface area contributed by atoms with E-state index < -0.39 is 0 Å². The van der Waals surface area contributed by atoms with Crippen LogP contribution in [0.4, 0.5) is 0 Å². The zero-order valence-corrected chi connectivity index (χ0v) is 16.0. The predicted octanol–water partition coefficient (Wildman–Crippen LogP) is 3.33. The van der Waals surface area contributed by atoms with Gasteiger partial charge in [-0.05, 0) is 56.0 Å². The van der Waals surface area contributed by atoms with Crippen molar-refractivity contribution in [2.75, 3.05) is 32.7 Å². The Hall–Kier alpha value is -0.860. The fraction of sp³-hybridized carbons (Fsp3) is 0.727. The van der Waals surface area contributed by atoms with Crippen molar-refractivity contribution in [3.63, 3.8) is 0 Å². The summed E-state index contributed by atoms with van der Waals surface area (Å²) in [7, 11) is 0. The monoisotopic (exact) mass is 331 g/mol. The van der Waals surface area contributed by atoms with Crippen molar-refractivity contribution in [2.24, 2.45) is 11.8 Å². The number of nitrogens with one attached hydrogen (secondary N) is 2. The van der Waals surface area contributed by atoms with Crippen molar-refractivity contribution in [2.45, 2.75) is 58.8 Å². The molecule has 1 saturated heterocycles. The first-order valence-electron chi connectivity index (χ1n) is 10.3. The quantitative estimate of drug-likeness (QED) is 0.595. The second-order valence-electron chi connectivity index (χ2n) is 8.15. The smallest absolute Gasteiger partial charge is 0.0783 e. The summed E-state index contributed by atoms with van der Waals surface area (Å²) in [6, 6.07) is 11.0. The van der Waals surface area contributed by atoms with E-state index in [2.05, 4.69) is 49.5 Å². The molecule has 2 heteroatoms. The summed E-state index contributed by atoms with van der Waals surface area (Å²) < 4.78 is 0. The Morgan fingerprint density at radius 3 is 2.46 bits per heavy atom. The summed E-state index contributed by atoms with van der Waals surface area (Å²) in [5.41, 5.74) is 1.49. The van der Waals surface area contributed by atoms with E-state index in [-0.39, 0.29) is 0 Å². The van der Waals surface area contributed by atoms with Gasteiger partial charge in [0.2, 0.25) is 0 Å². The van der Waals surface area contributed by atoms with Crippen LogP contribution in [0.2, 0.25) is 0 Å². The zero-order valence-electron chi connectivity index (χ0n) is 16.0. The topological polar surface area (TPSA) is 16.5 Å². The third-order valence-electron chi connectivity index (χ3n) is 5.40. The summed E-state index contributed by atoms with van der Waals surface area (Å²) in [4.78, 5) is 1.84. The minimum atomic E-state index is 0.775. The van der Waals surface area contributed by atoms with Gasteiger partial charge in [0.15, 0.2) is 0 Å². The van der Waals surface area contributed by atoms with Crippen LogP contribution >= 0.6 is 0 Å². The lowest BCUT2D eigenvalue weighted by atomic mass is 9.92. The fourth-order valence-corrected chi connectivity index (χ4v) is 3.86. The molecule has 0 amide bonds. The van der Waals surface area contributed by atoms with Crippen LogP contribution in [-0.2, 0) is 6.42 Å². The highest BCUT2D eigenvalue weighted by atomic mass is 15.1. The van der Waals surface area contributed by atoms with Crippen LogP contribution in [0.5, 0.6) is 0 Å². The highest BCUT2D eigenvalue weighted by Crippen LogP contribution is 2.17. The van der Waals surface area contributed by atoms with E-state index in [0.29, 0.717) is 0 Å². The van der Waals surface area contributed by atoms with Crippen LogP contribution in [0.15, 0.2) is 30.3 Å². The van der Waals surface area contributed by atoms with Crippen molar-refractivity contribution in [3.05, 3.63) is 35.9 Å². The minimum Gasteiger partial charge on any atom is -0.335 e. The van der Waals surface area contributed by atoms with Gasteiger partial charge in [-0.3, -0.25) is 0 Å². The highest BCUT2D eigenvalue weighted by molar-refractivity contribution is 5.15. The highest BCUT2D eigenvalue weighted by Gasteiger charge is 2.13. The lowest BCUT2D eigenvalue weighted by Crippen LogP contribution is -3.12. The molecule has 1 unspecified atom stereocenters. The van der Waals surface area contributed by atoms with Crippen molar-refractivity contribution < 1.29 is 4.90 Å². The third-order valence-corrected chi connectivity index (χ3v) is 5.40. The van der Waals surface area contributed by atoms with Crippen LogP contribution in [0, 0.1) is 11.8 Å². The average molecular weight is 332 g/mol. The number of hydrogen-bond acceptors (Lipinski definition) is 1. The molecular weight excluding hydrogens is 292 g/mol. The third kappa shape index (κ3) is 8.30. The molecular formula is C22H39N2+. The molecule has 1 heterocycles. The molecule has 0 spiro atoms. The van der Waals surface area contributed by atoms with Gasteiger partial charge in [-0.25, -0.2) is 0 Å². The van der Waals surface area contributed by atoms with E-state index in [9.17, 15) is 0 Å². The van der Waals surface area contributed by atoms with Gasteiger partial charge in [-0.15, -0.1) is 0 Å². The predicted molar refractivity (Wildman–Crippen MR) is 105 cm³/mol. The van der Waals surface area contributed by atoms with E-state index >= 15 is 0 Å². The van der Waals surface area contributed by atoms with Crippen molar-refractivity contribution in [1.82, 2.24) is 5.32 Å². The summed E-state index contributed by atoms with van der Waals surface area (Å²) >= 11 is 0. The molecule has 1 aliphatic rings. The molecule has 1 aromatic carbocycles. The van der Waals surface area contributed by atoms with Crippen LogP contribution < -0.4 is 10.2 Å². The molecule has 1 aromatic rings. The van der Waals surface area contributed by atoms with E-state index in [1.54, 1.807) is 0 Å². The Bertz CT molecular complexity index is 409. The van der Waals surface area contributed by atoms with Crippen molar-refractivity contribution in [3.8, 4) is 0 Å². The molecule has 0 bridgehead atoms. The molecule has 2 rings (SSSR count). The van der Waals surface area contributed by atoms with Gasteiger partial charge in [-0.2, -0.15) is 0 Å². The van der Waals surface area contributed by atoms with E-state index in [0.717, 1.165) is 11.8 Å². The maximum absolute atomic E-state index is 3.76. The molecule has 0 radical (unpaired) electrons. The van der Waals surface area contributed by atoms with Crippen LogP contribution in [0.3, 0.4) is 0 Å². The van der Waals surface area contributed by atoms with Crippen molar-refractivity contribution in [1.29, 1.82) is 0 Å². The standard InChI is InChI=1S/C22H38N2/c1-20(2)12-13-22(18-21-10-5-3-6-11-21)19-23-14-9-17-24-15-7-4-8-16-24/h3,5-6,10-11,20,22-23H,4,7-9,12-19H2,1-2H3/p+1. The first-order chi connectivity index (χ1) is 11.7. The summed E-state index contributed by atoms with van der Waals surface area (Å²) in [6.07, 6.45) is 9.58. The number of quaternary nitrogens is 1. The molecule has 1 atom stereocenters. The molecule has 1 fully saturated rings. The Kier molecular flexibility index (Phi) is 9.45. The van der Waals surface area contributed by atoms with Crippen LogP contribution in [0.1, 0.15) is 57.9 Å². The SMILES string of the molecule is CC(C)CCC(CNCCC[NH+]1CCCCC1)Cc1ccccc1. The normalized spacial score (nSPS) is 17.3. The maximum atomic E-state index is 3.76. The van der Waals surface area contributed by atoms with Gasteiger partial charge in [0.25, 0.3) is 0 Å². The van der Waals surface area contributed by atoms with E-state index in [4.69, 9.17) is 0 Å². The van der Waals surface area contributed by atoms with E-state index in [1.165, 1.54) is 83.2 Å². The first-order valence-corrected chi connectivity index (χ1v) is 10.3. The molecule has 136 valence electrons. The lowest BCUT2D eigenvalue weighted by molar-refractivity contribution is -0.905. The van der Waals surface area contributed by atoms with Gasteiger partial charge >= 0.3 is 0 Å². The summed E-state index contributed by atoms with van der Waals surface area (Å²) in [6.45, 7) is 11.2. The molecule has 2 N–H and O–H groups in total. The number of benzene rings is 1. The van der Waals surface area contributed by atoms with Gasteiger partial charge in [0, 0.05) is 13.0 Å². The summed E-state index contributed by atoms with van der Waals surface area (Å²) in [5.74, 6) is 1.59. The lowest BCUT2D eigenvalue weighted by Gasteiger charge is -2.24. The van der Waals surface area contributed by atoms with E-state index in [1.807, 2.05) is 4.90 Å². The molecule has 0 aromatic heterocycles. The molecule has 1 aliphatic heterocycles.